The molecule has 1 atom stereocenters. The van der Waals surface area contributed by atoms with Crippen molar-refractivity contribution in [2.75, 3.05) is 51.4 Å². The molecule has 1 aromatic rings. The Kier molecular flexibility index (Phi) is 6.96. The van der Waals surface area contributed by atoms with Crippen LogP contribution in [0.15, 0.2) is 24.3 Å². The van der Waals surface area contributed by atoms with Gasteiger partial charge in [0.1, 0.15) is 12.4 Å². The SMILES string of the molecule is COc1ccccc1N1CCN(C(=O)NC(C)COCC(F)(F)F)CC1. The number of carbonyl (C=O) groups excluding carboxylic acids is 1. The number of alkyl halides is 3. The van der Waals surface area contributed by atoms with E-state index in [0.717, 1.165) is 11.4 Å². The van der Waals surface area contributed by atoms with Crippen LogP contribution in [0.25, 0.3) is 0 Å². The summed E-state index contributed by atoms with van der Waals surface area (Å²) in [5, 5.41) is 2.66. The molecule has 2 rings (SSSR count). The van der Waals surface area contributed by atoms with Crippen LogP contribution in [0.5, 0.6) is 5.75 Å². The van der Waals surface area contributed by atoms with Crippen molar-refractivity contribution >= 4 is 11.7 Å². The summed E-state index contributed by atoms with van der Waals surface area (Å²) >= 11 is 0. The highest BCUT2D eigenvalue weighted by Gasteiger charge is 2.28. The van der Waals surface area contributed by atoms with E-state index in [1.807, 2.05) is 24.3 Å². The molecule has 0 aromatic heterocycles. The van der Waals surface area contributed by atoms with Crippen molar-refractivity contribution in [2.24, 2.45) is 0 Å². The zero-order valence-corrected chi connectivity index (χ0v) is 14.9. The number of carbonyl (C=O) groups is 1. The van der Waals surface area contributed by atoms with Gasteiger partial charge in [0, 0.05) is 26.2 Å². The minimum atomic E-state index is -4.36. The number of ether oxygens (including phenoxy) is 2. The Balaban J connectivity index is 1.77. The van der Waals surface area contributed by atoms with E-state index >= 15 is 0 Å². The largest absolute Gasteiger partial charge is 0.495 e. The number of halogens is 3. The van der Waals surface area contributed by atoms with E-state index in [-0.39, 0.29) is 12.6 Å². The summed E-state index contributed by atoms with van der Waals surface area (Å²) in [6, 6.07) is 6.88. The highest BCUT2D eigenvalue weighted by atomic mass is 19.4. The highest BCUT2D eigenvalue weighted by Crippen LogP contribution is 2.28. The number of rotatable bonds is 6. The number of benzene rings is 1. The first kappa shape index (κ1) is 20.2. The number of methoxy groups -OCH3 is 1. The quantitative estimate of drug-likeness (QED) is 0.830. The predicted octanol–water partition coefficient (Wildman–Crippen LogP) is 2.49. The molecule has 1 N–H and O–H groups in total. The Morgan fingerprint density at radius 2 is 1.88 bits per heavy atom. The third-order valence-electron chi connectivity index (χ3n) is 4.00. The van der Waals surface area contributed by atoms with Crippen molar-refractivity contribution in [3.63, 3.8) is 0 Å². The summed E-state index contributed by atoms with van der Waals surface area (Å²) in [6.07, 6.45) is -4.36. The fourth-order valence-electron chi connectivity index (χ4n) is 2.74. The monoisotopic (exact) mass is 375 g/mol. The molecule has 0 aliphatic carbocycles. The zero-order chi connectivity index (χ0) is 19.2. The summed E-state index contributed by atoms with van der Waals surface area (Å²) in [5.41, 5.74) is 0.976. The Morgan fingerprint density at radius 3 is 2.50 bits per heavy atom. The lowest BCUT2D eigenvalue weighted by Gasteiger charge is -2.37. The first-order valence-corrected chi connectivity index (χ1v) is 8.38. The van der Waals surface area contributed by atoms with Gasteiger partial charge in [-0.15, -0.1) is 0 Å². The summed E-state index contributed by atoms with van der Waals surface area (Å²) < 4.78 is 46.1. The number of para-hydroxylation sites is 2. The fourth-order valence-corrected chi connectivity index (χ4v) is 2.74. The molecule has 0 saturated carbocycles. The fraction of sp³-hybridized carbons (Fsp3) is 0.588. The van der Waals surface area contributed by atoms with Crippen LogP contribution in [-0.4, -0.2) is 69.7 Å². The topological polar surface area (TPSA) is 54.0 Å². The molecule has 2 amide bonds. The molecule has 9 heteroatoms. The Bertz CT molecular complexity index is 590. The van der Waals surface area contributed by atoms with Crippen molar-refractivity contribution in [1.82, 2.24) is 10.2 Å². The predicted molar refractivity (Wildman–Crippen MR) is 91.6 cm³/mol. The third-order valence-corrected chi connectivity index (χ3v) is 4.00. The second kappa shape index (κ2) is 8.98. The number of anilines is 1. The summed E-state index contributed by atoms with van der Waals surface area (Å²) in [5.74, 6) is 0.779. The van der Waals surface area contributed by atoms with Gasteiger partial charge >= 0.3 is 12.2 Å². The van der Waals surface area contributed by atoms with Gasteiger partial charge in [-0.2, -0.15) is 13.2 Å². The summed E-state index contributed by atoms with van der Waals surface area (Å²) in [4.78, 5) is 16.0. The lowest BCUT2D eigenvalue weighted by molar-refractivity contribution is -0.174. The lowest BCUT2D eigenvalue weighted by atomic mass is 10.2. The number of hydrogen-bond acceptors (Lipinski definition) is 4. The molecule has 1 unspecified atom stereocenters. The van der Waals surface area contributed by atoms with E-state index in [2.05, 4.69) is 15.0 Å². The maximum atomic E-state index is 12.2. The molecule has 0 radical (unpaired) electrons. The molecule has 0 spiro atoms. The number of urea groups is 1. The van der Waals surface area contributed by atoms with Crippen LogP contribution < -0.4 is 15.0 Å². The molecule has 1 aliphatic heterocycles. The number of piperazine rings is 1. The Labute approximate surface area is 150 Å². The second-order valence-electron chi connectivity index (χ2n) is 6.13. The normalized spacial score (nSPS) is 16.3. The maximum Gasteiger partial charge on any atom is 0.411 e. The standard InChI is InChI=1S/C17H24F3N3O3/c1-13(11-26-12-17(18,19)20)21-16(24)23-9-7-22(8-10-23)14-5-3-4-6-15(14)25-2/h3-6,13H,7-12H2,1-2H3,(H,21,24). The van der Waals surface area contributed by atoms with Gasteiger partial charge in [0.15, 0.2) is 0 Å². The minimum Gasteiger partial charge on any atom is -0.495 e. The summed E-state index contributed by atoms with van der Waals surface area (Å²) in [7, 11) is 1.62. The van der Waals surface area contributed by atoms with E-state index in [4.69, 9.17) is 4.74 Å². The zero-order valence-electron chi connectivity index (χ0n) is 14.9. The first-order valence-electron chi connectivity index (χ1n) is 8.38. The van der Waals surface area contributed by atoms with Crippen LogP contribution in [0.2, 0.25) is 0 Å². The third kappa shape index (κ3) is 5.98. The molecule has 1 saturated heterocycles. The van der Waals surface area contributed by atoms with E-state index in [1.165, 1.54) is 0 Å². The average Bonchev–Trinajstić information content (AvgIpc) is 2.60. The smallest absolute Gasteiger partial charge is 0.411 e. The maximum absolute atomic E-state index is 12.2. The molecule has 146 valence electrons. The van der Waals surface area contributed by atoms with E-state index in [9.17, 15) is 18.0 Å². The number of amides is 2. The van der Waals surface area contributed by atoms with E-state index < -0.39 is 18.8 Å². The van der Waals surface area contributed by atoms with Gasteiger partial charge in [0.05, 0.1) is 25.4 Å². The van der Waals surface area contributed by atoms with Gasteiger partial charge in [-0.25, -0.2) is 4.79 Å². The van der Waals surface area contributed by atoms with Crippen LogP contribution in [0.4, 0.5) is 23.7 Å². The van der Waals surface area contributed by atoms with Gasteiger partial charge in [-0.3, -0.25) is 0 Å². The highest BCUT2D eigenvalue weighted by molar-refractivity contribution is 5.75. The second-order valence-corrected chi connectivity index (χ2v) is 6.13. The molecule has 6 nitrogen and oxygen atoms in total. The summed E-state index contributed by atoms with van der Waals surface area (Å²) in [6.45, 7) is 2.43. The van der Waals surface area contributed by atoms with Crippen molar-refractivity contribution < 1.29 is 27.4 Å². The molecule has 0 bridgehead atoms. The average molecular weight is 375 g/mol. The Hall–Kier alpha value is -2.16. The van der Waals surface area contributed by atoms with Crippen molar-refractivity contribution in [1.29, 1.82) is 0 Å². The van der Waals surface area contributed by atoms with Gasteiger partial charge in [0.2, 0.25) is 0 Å². The molecule has 1 aliphatic rings. The molecular formula is C17H24F3N3O3. The van der Waals surface area contributed by atoms with Crippen molar-refractivity contribution in [3.05, 3.63) is 24.3 Å². The van der Waals surface area contributed by atoms with Crippen molar-refractivity contribution in [2.45, 2.75) is 19.1 Å². The molecule has 1 heterocycles. The van der Waals surface area contributed by atoms with Gasteiger partial charge in [-0.05, 0) is 19.1 Å². The first-order chi connectivity index (χ1) is 12.3. The Morgan fingerprint density at radius 1 is 1.23 bits per heavy atom. The van der Waals surface area contributed by atoms with Crippen LogP contribution in [-0.2, 0) is 4.74 Å². The van der Waals surface area contributed by atoms with Crippen LogP contribution in [0.3, 0.4) is 0 Å². The number of nitrogens with one attached hydrogen (secondary N) is 1. The minimum absolute atomic E-state index is 0.188. The lowest BCUT2D eigenvalue weighted by Crippen LogP contribution is -2.53. The van der Waals surface area contributed by atoms with Crippen LogP contribution >= 0.6 is 0 Å². The van der Waals surface area contributed by atoms with Crippen molar-refractivity contribution in [3.8, 4) is 5.75 Å². The molecule has 26 heavy (non-hydrogen) atoms. The van der Waals surface area contributed by atoms with Gasteiger partial charge in [-0.1, -0.05) is 12.1 Å². The molecule has 1 aromatic carbocycles. The molecular weight excluding hydrogens is 351 g/mol. The number of nitrogens with zero attached hydrogens (tertiary/aromatic N) is 2. The van der Waals surface area contributed by atoms with Gasteiger partial charge < -0.3 is 24.6 Å². The van der Waals surface area contributed by atoms with Crippen LogP contribution in [0, 0.1) is 0 Å². The van der Waals surface area contributed by atoms with Crippen LogP contribution in [0.1, 0.15) is 6.92 Å². The van der Waals surface area contributed by atoms with Gasteiger partial charge in [0.25, 0.3) is 0 Å². The van der Waals surface area contributed by atoms with E-state index in [0.29, 0.717) is 26.2 Å². The number of hydrogen-bond donors (Lipinski definition) is 1. The molecule has 1 fully saturated rings. The van der Waals surface area contributed by atoms with E-state index in [1.54, 1.807) is 18.9 Å².